The van der Waals surface area contributed by atoms with Gasteiger partial charge in [-0.3, -0.25) is 0 Å². The van der Waals surface area contributed by atoms with Gasteiger partial charge in [0.2, 0.25) is 0 Å². The molecule has 1 atom stereocenters. The smallest absolute Gasteiger partial charge is 0.0580 e. The van der Waals surface area contributed by atoms with Gasteiger partial charge < -0.3 is 10.1 Å². The van der Waals surface area contributed by atoms with Crippen molar-refractivity contribution in [2.24, 2.45) is 5.92 Å². The first kappa shape index (κ1) is 11.0. The molecule has 0 radical (unpaired) electrons. The van der Waals surface area contributed by atoms with Crippen LogP contribution in [0, 0.1) is 5.92 Å². The van der Waals surface area contributed by atoms with Crippen LogP contribution in [0.25, 0.3) is 0 Å². The van der Waals surface area contributed by atoms with E-state index in [1.165, 1.54) is 19.3 Å². The van der Waals surface area contributed by atoms with E-state index in [0.717, 1.165) is 19.1 Å². The Morgan fingerprint density at radius 1 is 1.38 bits per heavy atom. The number of hydrogen-bond acceptors (Lipinski definition) is 2. The lowest BCUT2D eigenvalue weighted by Crippen LogP contribution is -2.36. The summed E-state index contributed by atoms with van der Waals surface area (Å²) in [4.78, 5) is 0. The van der Waals surface area contributed by atoms with E-state index >= 15 is 0 Å². The Morgan fingerprint density at radius 2 is 2.08 bits per heavy atom. The van der Waals surface area contributed by atoms with Gasteiger partial charge in [0.25, 0.3) is 0 Å². The van der Waals surface area contributed by atoms with Crippen LogP contribution in [0.1, 0.15) is 40.0 Å². The van der Waals surface area contributed by atoms with Crippen molar-refractivity contribution >= 4 is 0 Å². The van der Waals surface area contributed by atoms with E-state index in [-0.39, 0.29) is 0 Å². The highest BCUT2D eigenvalue weighted by Crippen LogP contribution is 2.33. The maximum Gasteiger partial charge on any atom is 0.0580 e. The molecule has 1 rings (SSSR count). The predicted octanol–water partition coefficient (Wildman–Crippen LogP) is 2.19. The lowest BCUT2D eigenvalue weighted by Gasteiger charge is -2.36. The van der Waals surface area contributed by atoms with Crippen LogP contribution in [0.15, 0.2) is 0 Å². The lowest BCUT2D eigenvalue weighted by molar-refractivity contribution is -0.0285. The summed E-state index contributed by atoms with van der Waals surface area (Å²) in [6, 6.07) is 0.678. The lowest BCUT2D eigenvalue weighted by atomic mass is 9.78. The highest BCUT2D eigenvalue weighted by Gasteiger charge is 2.30. The zero-order chi connectivity index (χ0) is 9.68. The Balaban J connectivity index is 2.00. The summed E-state index contributed by atoms with van der Waals surface area (Å²) < 4.78 is 5.53. The van der Waals surface area contributed by atoms with Gasteiger partial charge in [-0.05, 0) is 45.6 Å². The van der Waals surface area contributed by atoms with E-state index in [0.29, 0.717) is 12.1 Å². The maximum atomic E-state index is 5.53. The molecule has 0 amide bonds. The number of ether oxygens (including phenoxy) is 1. The highest BCUT2D eigenvalue weighted by molar-refractivity contribution is 4.82. The minimum Gasteiger partial charge on any atom is -0.378 e. The third-order valence-electron chi connectivity index (χ3n) is 2.83. The van der Waals surface area contributed by atoms with Gasteiger partial charge >= 0.3 is 0 Å². The fourth-order valence-corrected chi connectivity index (χ4v) is 2.17. The second kappa shape index (κ2) is 5.61. The van der Waals surface area contributed by atoms with Crippen molar-refractivity contribution in [1.29, 1.82) is 0 Å². The topological polar surface area (TPSA) is 21.3 Å². The summed E-state index contributed by atoms with van der Waals surface area (Å²) in [5.74, 6) is 0.908. The average molecular weight is 185 g/mol. The van der Waals surface area contributed by atoms with E-state index in [1.807, 2.05) is 0 Å². The minimum atomic E-state index is 0.573. The number of nitrogens with one attached hydrogen (secondary N) is 1. The highest BCUT2D eigenvalue weighted by atomic mass is 16.5. The first-order valence-electron chi connectivity index (χ1n) is 5.61. The summed E-state index contributed by atoms with van der Waals surface area (Å²) >= 11 is 0. The molecule has 78 valence electrons. The van der Waals surface area contributed by atoms with Crippen molar-refractivity contribution in [1.82, 2.24) is 5.32 Å². The van der Waals surface area contributed by atoms with Gasteiger partial charge in [0, 0.05) is 12.6 Å². The van der Waals surface area contributed by atoms with Crippen molar-refractivity contribution in [2.45, 2.75) is 52.2 Å². The Labute approximate surface area is 82.0 Å². The monoisotopic (exact) mass is 185 g/mol. The summed E-state index contributed by atoms with van der Waals surface area (Å²) in [5.41, 5.74) is 0. The zero-order valence-corrected chi connectivity index (χ0v) is 9.18. The van der Waals surface area contributed by atoms with E-state index in [9.17, 15) is 0 Å². The van der Waals surface area contributed by atoms with E-state index in [1.54, 1.807) is 0 Å². The van der Waals surface area contributed by atoms with Crippen LogP contribution in [-0.4, -0.2) is 25.3 Å². The third-order valence-corrected chi connectivity index (χ3v) is 2.83. The summed E-state index contributed by atoms with van der Waals surface area (Å²) in [7, 11) is 0. The molecule has 2 heteroatoms. The van der Waals surface area contributed by atoms with E-state index < -0.39 is 0 Å². The average Bonchev–Trinajstić information content (AvgIpc) is 2.01. The summed E-state index contributed by atoms with van der Waals surface area (Å²) in [6.07, 6.45) is 4.45. The van der Waals surface area contributed by atoms with Gasteiger partial charge in [0.15, 0.2) is 0 Å². The van der Waals surface area contributed by atoms with Gasteiger partial charge in [0.1, 0.15) is 0 Å². The molecule has 0 aromatic heterocycles. The Bertz CT molecular complexity index is 132. The van der Waals surface area contributed by atoms with Crippen molar-refractivity contribution in [3.8, 4) is 0 Å². The van der Waals surface area contributed by atoms with Crippen LogP contribution in [-0.2, 0) is 4.74 Å². The standard InChI is InChI=1S/C11H23NO/c1-4-12-9(3)6-10-7-11(8-10)13-5-2/h9-12H,4-8H2,1-3H3. The SMILES string of the molecule is CCNC(C)CC1CC(OCC)C1. The molecular weight excluding hydrogens is 162 g/mol. The van der Waals surface area contributed by atoms with Crippen LogP contribution < -0.4 is 5.32 Å². The van der Waals surface area contributed by atoms with Crippen LogP contribution in [0.5, 0.6) is 0 Å². The third kappa shape index (κ3) is 3.65. The molecule has 2 nitrogen and oxygen atoms in total. The fraction of sp³-hybridized carbons (Fsp3) is 1.00. The normalized spacial score (nSPS) is 29.8. The summed E-state index contributed by atoms with van der Waals surface area (Å²) in [6.45, 7) is 8.48. The molecule has 13 heavy (non-hydrogen) atoms. The Kier molecular flexibility index (Phi) is 4.74. The van der Waals surface area contributed by atoms with Gasteiger partial charge in [-0.15, -0.1) is 0 Å². The first-order valence-corrected chi connectivity index (χ1v) is 5.61. The van der Waals surface area contributed by atoms with Crippen LogP contribution in [0.2, 0.25) is 0 Å². The predicted molar refractivity (Wildman–Crippen MR) is 55.9 cm³/mol. The van der Waals surface area contributed by atoms with E-state index in [2.05, 4.69) is 26.1 Å². The molecule has 1 saturated carbocycles. The van der Waals surface area contributed by atoms with Crippen molar-refractivity contribution in [3.05, 3.63) is 0 Å². The van der Waals surface area contributed by atoms with Gasteiger partial charge in [-0.2, -0.15) is 0 Å². The van der Waals surface area contributed by atoms with Crippen molar-refractivity contribution in [3.63, 3.8) is 0 Å². The second-order valence-electron chi connectivity index (χ2n) is 4.11. The summed E-state index contributed by atoms with van der Waals surface area (Å²) in [5, 5.41) is 3.45. The van der Waals surface area contributed by atoms with Gasteiger partial charge in [-0.1, -0.05) is 6.92 Å². The molecule has 0 aliphatic heterocycles. The van der Waals surface area contributed by atoms with E-state index in [4.69, 9.17) is 4.74 Å². The molecule has 0 saturated heterocycles. The molecule has 1 N–H and O–H groups in total. The second-order valence-corrected chi connectivity index (χ2v) is 4.11. The zero-order valence-electron chi connectivity index (χ0n) is 9.18. The molecule has 0 aromatic carbocycles. The molecule has 1 fully saturated rings. The van der Waals surface area contributed by atoms with Gasteiger partial charge in [-0.25, -0.2) is 0 Å². The Hall–Kier alpha value is -0.0800. The number of hydrogen-bond donors (Lipinski definition) is 1. The fourth-order valence-electron chi connectivity index (χ4n) is 2.17. The van der Waals surface area contributed by atoms with Gasteiger partial charge in [0.05, 0.1) is 6.10 Å². The van der Waals surface area contributed by atoms with Crippen molar-refractivity contribution < 1.29 is 4.74 Å². The molecule has 0 aromatic rings. The quantitative estimate of drug-likeness (QED) is 0.685. The minimum absolute atomic E-state index is 0.573. The van der Waals surface area contributed by atoms with Crippen LogP contribution in [0.4, 0.5) is 0 Å². The molecular formula is C11H23NO. The number of rotatable bonds is 6. The van der Waals surface area contributed by atoms with Crippen molar-refractivity contribution in [2.75, 3.05) is 13.2 Å². The first-order chi connectivity index (χ1) is 6.26. The van der Waals surface area contributed by atoms with Crippen LogP contribution in [0.3, 0.4) is 0 Å². The molecule has 1 unspecified atom stereocenters. The molecule has 1 aliphatic carbocycles. The molecule has 0 bridgehead atoms. The Morgan fingerprint density at radius 3 is 2.62 bits per heavy atom. The molecule has 0 heterocycles. The largest absolute Gasteiger partial charge is 0.378 e. The van der Waals surface area contributed by atoms with Crippen LogP contribution >= 0.6 is 0 Å². The molecule has 1 aliphatic rings. The maximum absolute atomic E-state index is 5.53. The molecule has 0 spiro atoms.